The molecule has 1 aliphatic heterocycles. The van der Waals surface area contributed by atoms with Gasteiger partial charge in [0.25, 0.3) is 5.92 Å². The predicted molar refractivity (Wildman–Crippen MR) is 101 cm³/mol. The molecule has 4 rings (SSSR count). The minimum absolute atomic E-state index is 0.195. The zero-order valence-electron chi connectivity index (χ0n) is 15.9. The number of aromatic nitrogens is 5. The highest BCUT2D eigenvalue weighted by atomic mass is 19.3. The zero-order valence-corrected chi connectivity index (χ0v) is 15.9. The summed E-state index contributed by atoms with van der Waals surface area (Å²) in [5.41, 5.74) is 0.171. The van der Waals surface area contributed by atoms with Gasteiger partial charge in [-0.3, -0.25) is 4.79 Å². The molecule has 0 atom stereocenters. The maximum atomic E-state index is 13.8. The summed E-state index contributed by atoms with van der Waals surface area (Å²) in [5.74, 6) is -2.22. The number of halogens is 2. The lowest BCUT2D eigenvalue weighted by atomic mass is 10.2. The fourth-order valence-corrected chi connectivity index (χ4v) is 3.13. The standard InChI is InChI=1S/C18H19F2N7O2/c1-11(28)24-15-7-13-12(9-21-15)17(26-3-5-29-6-4-26)25-27(13)16-8-14(18(2,19)20)22-10-23-16/h7-10H,3-6H2,1-2H3,(H,21,24,28). The van der Waals surface area contributed by atoms with Crippen LogP contribution in [-0.4, -0.2) is 56.9 Å². The van der Waals surface area contributed by atoms with Crippen molar-refractivity contribution in [1.82, 2.24) is 24.7 Å². The summed E-state index contributed by atoms with van der Waals surface area (Å²) in [6.07, 6.45) is 2.69. The molecule has 152 valence electrons. The van der Waals surface area contributed by atoms with Gasteiger partial charge in [0.15, 0.2) is 11.6 Å². The molecule has 0 spiro atoms. The molecule has 11 heteroatoms. The molecule has 0 unspecified atom stereocenters. The van der Waals surface area contributed by atoms with E-state index in [0.717, 1.165) is 13.3 Å². The van der Waals surface area contributed by atoms with Gasteiger partial charge in [-0.25, -0.2) is 19.6 Å². The molecule has 1 aliphatic rings. The van der Waals surface area contributed by atoms with Crippen molar-refractivity contribution in [3.63, 3.8) is 0 Å². The Balaban J connectivity index is 1.88. The zero-order chi connectivity index (χ0) is 20.6. The van der Waals surface area contributed by atoms with Crippen LogP contribution in [-0.2, 0) is 15.5 Å². The van der Waals surface area contributed by atoms with Gasteiger partial charge in [-0.05, 0) is 0 Å². The topological polar surface area (TPSA) is 98.1 Å². The second-order valence-electron chi connectivity index (χ2n) is 6.75. The number of nitrogens with one attached hydrogen (secondary N) is 1. The first-order chi connectivity index (χ1) is 13.8. The lowest BCUT2D eigenvalue weighted by Gasteiger charge is -2.26. The van der Waals surface area contributed by atoms with Crippen LogP contribution in [0.2, 0.25) is 0 Å². The van der Waals surface area contributed by atoms with E-state index in [9.17, 15) is 13.6 Å². The number of carbonyl (C=O) groups excluding carboxylic acids is 1. The molecule has 0 saturated carbocycles. The van der Waals surface area contributed by atoms with E-state index in [1.54, 1.807) is 12.3 Å². The Morgan fingerprint density at radius 2 is 1.97 bits per heavy atom. The number of ether oxygens (including phenoxy) is 1. The lowest BCUT2D eigenvalue weighted by molar-refractivity contribution is -0.114. The summed E-state index contributed by atoms with van der Waals surface area (Å²) in [6, 6.07) is 2.84. The molecule has 0 aromatic carbocycles. The molecular formula is C18H19F2N7O2. The number of anilines is 2. The van der Waals surface area contributed by atoms with Gasteiger partial charge in [0.1, 0.15) is 17.8 Å². The molecule has 0 aliphatic carbocycles. The summed E-state index contributed by atoms with van der Waals surface area (Å²) < 4.78 is 34.4. The van der Waals surface area contributed by atoms with Crippen molar-refractivity contribution in [3.8, 4) is 5.82 Å². The lowest BCUT2D eigenvalue weighted by Crippen LogP contribution is -2.36. The highest BCUT2D eigenvalue weighted by Gasteiger charge is 2.28. The van der Waals surface area contributed by atoms with Gasteiger partial charge in [0.05, 0.1) is 24.1 Å². The van der Waals surface area contributed by atoms with Crippen molar-refractivity contribution >= 4 is 28.4 Å². The quantitative estimate of drug-likeness (QED) is 0.712. The smallest absolute Gasteiger partial charge is 0.287 e. The summed E-state index contributed by atoms with van der Waals surface area (Å²) in [4.78, 5) is 25.5. The average Bonchev–Trinajstić information content (AvgIpc) is 3.06. The molecule has 3 aromatic heterocycles. The van der Waals surface area contributed by atoms with Gasteiger partial charge in [0, 0.05) is 45.3 Å². The second-order valence-corrected chi connectivity index (χ2v) is 6.75. The van der Waals surface area contributed by atoms with Crippen LogP contribution >= 0.6 is 0 Å². The van der Waals surface area contributed by atoms with Crippen molar-refractivity contribution < 1.29 is 18.3 Å². The van der Waals surface area contributed by atoms with Crippen LogP contribution < -0.4 is 10.2 Å². The second kappa shape index (κ2) is 7.32. The Labute approximate surface area is 164 Å². The maximum Gasteiger partial charge on any atom is 0.287 e. The molecule has 0 bridgehead atoms. The Morgan fingerprint density at radius 3 is 2.66 bits per heavy atom. The van der Waals surface area contributed by atoms with E-state index < -0.39 is 11.6 Å². The fourth-order valence-electron chi connectivity index (χ4n) is 3.13. The van der Waals surface area contributed by atoms with Gasteiger partial charge in [-0.2, -0.15) is 8.78 Å². The Hall–Kier alpha value is -3.21. The third-order valence-electron chi connectivity index (χ3n) is 4.48. The van der Waals surface area contributed by atoms with Crippen LogP contribution in [0.3, 0.4) is 0 Å². The van der Waals surface area contributed by atoms with E-state index in [2.05, 4.69) is 25.4 Å². The van der Waals surface area contributed by atoms with Crippen LogP contribution in [0, 0.1) is 0 Å². The van der Waals surface area contributed by atoms with E-state index >= 15 is 0 Å². The first-order valence-electron chi connectivity index (χ1n) is 9.03. The number of pyridine rings is 1. The largest absolute Gasteiger partial charge is 0.378 e. The predicted octanol–water partition coefficient (Wildman–Crippen LogP) is 2.12. The Kier molecular flexibility index (Phi) is 4.82. The van der Waals surface area contributed by atoms with Gasteiger partial charge < -0.3 is 15.0 Å². The van der Waals surface area contributed by atoms with Crippen molar-refractivity contribution in [2.45, 2.75) is 19.8 Å². The van der Waals surface area contributed by atoms with E-state index in [-0.39, 0.29) is 11.7 Å². The van der Waals surface area contributed by atoms with Crippen LogP contribution in [0.25, 0.3) is 16.7 Å². The van der Waals surface area contributed by atoms with Crippen LogP contribution in [0.1, 0.15) is 19.5 Å². The summed E-state index contributed by atoms with van der Waals surface area (Å²) in [5, 5.41) is 7.96. The number of morpholine rings is 1. The highest BCUT2D eigenvalue weighted by molar-refractivity contribution is 5.95. The maximum absolute atomic E-state index is 13.8. The first-order valence-corrected chi connectivity index (χ1v) is 9.03. The number of rotatable bonds is 4. The van der Waals surface area contributed by atoms with E-state index in [4.69, 9.17) is 4.74 Å². The molecular weight excluding hydrogens is 384 g/mol. The monoisotopic (exact) mass is 403 g/mol. The Bertz CT molecular complexity index is 1060. The van der Waals surface area contributed by atoms with Crippen LogP contribution in [0.15, 0.2) is 24.7 Å². The van der Waals surface area contributed by atoms with Crippen LogP contribution in [0.5, 0.6) is 0 Å². The van der Waals surface area contributed by atoms with Gasteiger partial charge >= 0.3 is 0 Å². The van der Waals surface area contributed by atoms with Crippen LogP contribution in [0.4, 0.5) is 20.4 Å². The summed E-state index contributed by atoms with van der Waals surface area (Å²) >= 11 is 0. The van der Waals surface area contributed by atoms with E-state index in [1.807, 2.05) is 4.90 Å². The molecule has 4 heterocycles. The fraction of sp³-hybridized carbons (Fsp3) is 0.389. The van der Waals surface area contributed by atoms with E-state index in [0.29, 0.717) is 48.8 Å². The molecule has 1 N–H and O–H groups in total. The first kappa shape index (κ1) is 19.1. The van der Waals surface area contributed by atoms with Crippen molar-refractivity contribution in [2.24, 2.45) is 0 Å². The minimum atomic E-state index is -3.11. The van der Waals surface area contributed by atoms with Crippen molar-refractivity contribution in [2.75, 3.05) is 36.5 Å². The number of nitrogens with zero attached hydrogens (tertiary/aromatic N) is 6. The number of hydrogen-bond donors (Lipinski definition) is 1. The van der Waals surface area contributed by atoms with Gasteiger partial charge in [0.2, 0.25) is 5.91 Å². The number of carbonyl (C=O) groups is 1. The van der Waals surface area contributed by atoms with Crippen molar-refractivity contribution in [1.29, 1.82) is 0 Å². The number of amides is 1. The summed E-state index contributed by atoms with van der Waals surface area (Å²) in [6.45, 7) is 4.56. The SMILES string of the molecule is CC(=O)Nc1cc2c(cn1)c(N1CCOCC1)nn2-c1cc(C(C)(F)F)ncn1. The normalized spacial score (nSPS) is 15.0. The molecule has 0 radical (unpaired) electrons. The summed E-state index contributed by atoms with van der Waals surface area (Å²) in [7, 11) is 0. The molecule has 1 fully saturated rings. The number of fused-ring (bicyclic) bond motifs is 1. The molecule has 9 nitrogen and oxygen atoms in total. The Morgan fingerprint density at radius 1 is 1.21 bits per heavy atom. The van der Waals surface area contributed by atoms with E-state index in [1.165, 1.54) is 17.7 Å². The third kappa shape index (κ3) is 3.86. The molecule has 1 amide bonds. The minimum Gasteiger partial charge on any atom is -0.378 e. The number of hydrogen-bond acceptors (Lipinski definition) is 7. The molecule has 1 saturated heterocycles. The van der Waals surface area contributed by atoms with Gasteiger partial charge in [-0.1, -0.05) is 0 Å². The molecule has 3 aromatic rings. The van der Waals surface area contributed by atoms with Crippen molar-refractivity contribution in [3.05, 3.63) is 30.4 Å². The third-order valence-corrected chi connectivity index (χ3v) is 4.48. The number of alkyl halides is 2. The highest BCUT2D eigenvalue weighted by Crippen LogP contribution is 2.31. The molecule has 29 heavy (non-hydrogen) atoms. The average molecular weight is 403 g/mol. The van der Waals surface area contributed by atoms with Gasteiger partial charge in [-0.15, -0.1) is 5.10 Å².